The van der Waals surface area contributed by atoms with Crippen LogP contribution in [0.4, 0.5) is 5.69 Å². The topological polar surface area (TPSA) is 72.2 Å². The Morgan fingerprint density at radius 3 is 2.67 bits per heavy atom. The molecule has 4 nitrogen and oxygen atoms in total. The van der Waals surface area contributed by atoms with Crippen LogP contribution < -0.4 is 10.5 Å². The number of sulfonamides is 1. The van der Waals surface area contributed by atoms with Crippen molar-refractivity contribution in [1.29, 1.82) is 0 Å². The number of benzene rings is 1. The number of anilines is 1. The van der Waals surface area contributed by atoms with Crippen molar-refractivity contribution in [2.75, 3.05) is 24.3 Å². The molecular formula is C12H20N2O2S2. The Bertz CT molecular complexity index is 501. The van der Waals surface area contributed by atoms with Crippen LogP contribution in [0.2, 0.25) is 0 Å². The quantitative estimate of drug-likeness (QED) is 0.784. The molecular weight excluding hydrogens is 268 g/mol. The van der Waals surface area contributed by atoms with Crippen LogP contribution in [-0.4, -0.2) is 27.0 Å². The van der Waals surface area contributed by atoms with Crippen LogP contribution >= 0.6 is 11.8 Å². The first-order chi connectivity index (χ1) is 8.36. The summed E-state index contributed by atoms with van der Waals surface area (Å²) in [5.41, 5.74) is 7.10. The molecule has 1 aromatic carbocycles. The Hall–Kier alpha value is -0.720. The maximum Gasteiger partial charge on any atom is 0.240 e. The smallest absolute Gasteiger partial charge is 0.240 e. The number of aryl methyl sites for hydroxylation is 1. The van der Waals surface area contributed by atoms with Crippen LogP contribution in [0.15, 0.2) is 23.1 Å². The number of thioether (sulfide) groups is 1. The van der Waals surface area contributed by atoms with E-state index in [1.807, 2.05) is 20.1 Å². The largest absolute Gasteiger partial charge is 0.398 e. The minimum absolute atomic E-state index is 0.224. The van der Waals surface area contributed by atoms with Crippen molar-refractivity contribution in [3.63, 3.8) is 0 Å². The summed E-state index contributed by atoms with van der Waals surface area (Å²) in [5.74, 6) is 1.23. The van der Waals surface area contributed by atoms with E-state index in [4.69, 9.17) is 5.73 Å². The Kier molecular flexibility index (Phi) is 5.49. The molecule has 0 aliphatic carbocycles. The molecule has 0 spiro atoms. The zero-order valence-electron chi connectivity index (χ0n) is 10.9. The van der Waals surface area contributed by atoms with Gasteiger partial charge in [0.1, 0.15) is 0 Å². The molecule has 0 aliphatic rings. The Morgan fingerprint density at radius 2 is 2.11 bits per heavy atom. The molecule has 0 fully saturated rings. The molecule has 0 aromatic heterocycles. The van der Waals surface area contributed by atoms with Gasteiger partial charge in [0.25, 0.3) is 0 Å². The predicted molar refractivity (Wildman–Crippen MR) is 78.3 cm³/mol. The first kappa shape index (κ1) is 15.3. The van der Waals surface area contributed by atoms with Crippen LogP contribution in [0.25, 0.3) is 0 Å². The SMILES string of the molecule is CSCC(C)CNS(=O)(=O)c1ccc(C)c(N)c1. The van der Waals surface area contributed by atoms with E-state index in [0.717, 1.165) is 11.3 Å². The number of nitrogens with one attached hydrogen (secondary N) is 1. The molecule has 0 saturated heterocycles. The van der Waals surface area contributed by atoms with Gasteiger partial charge in [-0.05, 0) is 42.5 Å². The lowest BCUT2D eigenvalue weighted by Gasteiger charge is -2.12. The first-order valence-electron chi connectivity index (χ1n) is 5.71. The molecule has 3 N–H and O–H groups in total. The number of nitrogen functional groups attached to an aromatic ring is 1. The summed E-state index contributed by atoms with van der Waals surface area (Å²) in [4.78, 5) is 0.224. The molecule has 6 heteroatoms. The van der Waals surface area contributed by atoms with E-state index in [1.54, 1.807) is 23.9 Å². The van der Waals surface area contributed by atoms with Crippen molar-refractivity contribution in [3.8, 4) is 0 Å². The van der Waals surface area contributed by atoms with Gasteiger partial charge in [0.2, 0.25) is 10.0 Å². The summed E-state index contributed by atoms with van der Waals surface area (Å²) in [6.07, 6.45) is 2.01. The van der Waals surface area contributed by atoms with Crippen LogP contribution in [0, 0.1) is 12.8 Å². The summed E-state index contributed by atoms with van der Waals surface area (Å²) in [7, 11) is -3.45. The zero-order valence-corrected chi connectivity index (χ0v) is 12.6. The highest BCUT2D eigenvalue weighted by molar-refractivity contribution is 7.98. The molecule has 1 aromatic rings. The Balaban J connectivity index is 2.77. The maximum atomic E-state index is 12.0. The Morgan fingerprint density at radius 1 is 1.44 bits per heavy atom. The Labute approximate surface area is 113 Å². The zero-order chi connectivity index (χ0) is 13.8. The average molecular weight is 288 g/mol. The minimum atomic E-state index is -3.45. The molecule has 1 rings (SSSR count). The summed E-state index contributed by atoms with van der Waals surface area (Å²) < 4.78 is 26.7. The summed E-state index contributed by atoms with van der Waals surface area (Å²) in [6.45, 7) is 4.30. The summed E-state index contributed by atoms with van der Waals surface area (Å²) in [6, 6.07) is 4.79. The van der Waals surface area contributed by atoms with E-state index in [2.05, 4.69) is 4.72 Å². The maximum absolute atomic E-state index is 12.0. The fraction of sp³-hybridized carbons (Fsp3) is 0.500. The molecule has 0 saturated carbocycles. The molecule has 1 unspecified atom stereocenters. The van der Waals surface area contributed by atoms with Crippen molar-refractivity contribution in [3.05, 3.63) is 23.8 Å². The van der Waals surface area contributed by atoms with Gasteiger partial charge in [-0.3, -0.25) is 0 Å². The standard InChI is InChI=1S/C12H20N2O2S2/c1-9(8-17-3)7-14-18(15,16)11-5-4-10(2)12(13)6-11/h4-6,9,14H,7-8,13H2,1-3H3. The minimum Gasteiger partial charge on any atom is -0.398 e. The molecule has 18 heavy (non-hydrogen) atoms. The lowest BCUT2D eigenvalue weighted by Crippen LogP contribution is -2.29. The average Bonchev–Trinajstić information content (AvgIpc) is 2.30. The number of hydrogen-bond donors (Lipinski definition) is 2. The van der Waals surface area contributed by atoms with Gasteiger partial charge in [-0.15, -0.1) is 0 Å². The van der Waals surface area contributed by atoms with Gasteiger partial charge >= 0.3 is 0 Å². The normalized spacial score (nSPS) is 13.5. The molecule has 0 amide bonds. The third-order valence-electron chi connectivity index (χ3n) is 2.63. The second kappa shape index (κ2) is 6.45. The van der Waals surface area contributed by atoms with Crippen LogP contribution in [0.5, 0.6) is 0 Å². The molecule has 1 atom stereocenters. The molecule has 0 bridgehead atoms. The third kappa shape index (κ3) is 4.19. The summed E-state index contributed by atoms with van der Waals surface area (Å²) in [5, 5.41) is 0. The first-order valence-corrected chi connectivity index (χ1v) is 8.59. The molecule has 0 aliphatic heterocycles. The van der Waals surface area contributed by atoms with Gasteiger partial charge in [-0.2, -0.15) is 11.8 Å². The number of hydrogen-bond acceptors (Lipinski definition) is 4. The van der Waals surface area contributed by atoms with Crippen molar-refractivity contribution < 1.29 is 8.42 Å². The van der Waals surface area contributed by atoms with Gasteiger partial charge in [0.05, 0.1) is 4.90 Å². The van der Waals surface area contributed by atoms with Crippen LogP contribution in [0.3, 0.4) is 0 Å². The van der Waals surface area contributed by atoms with Gasteiger partial charge in [-0.25, -0.2) is 13.1 Å². The van der Waals surface area contributed by atoms with Crippen molar-refractivity contribution >= 4 is 27.5 Å². The highest BCUT2D eigenvalue weighted by Gasteiger charge is 2.15. The molecule has 102 valence electrons. The van der Waals surface area contributed by atoms with Gasteiger partial charge in [0, 0.05) is 12.2 Å². The number of rotatable bonds is 6. The van der Waals surface area contributed by atoms with Crippen molar-refractivity contribution in [1.82, 2.24) is 4.72 Å². The van der Waals surface area contributed by atoms with E-state index < -0.39 is 10.0 Å². The second-order valence-corrected chi connectivity index (χ2v) is 7.11. The monoisotopic (exact) mass is 288 g/mol. The third-order valence-corrected chi connectivity index (χ3v) is 4.96. The second-order valence-electron chi connectivity index (χ2n) is 4.43. The van der Waals surface area contributed by atoms with Crippen molar-refractivity contribution in [2.45, 2.75) is 18.7 Å². The van der Waals surface area contributed by atoms with Gasteiger partial charge in [-0.1, -0.05) is 13.0 Å². The van der Waals surface area contributed by atoms with Crippen LogP contribution in [0.1, 0.15) is 12.5 Å². The lowest BCUT2D eigenvalue weighted by atomic mass is 10.2. The van der Waals surface area contributed by atoms with Crippen molar-refractivity contribution in [2.24, 2.45) is 5.92 Å². The van der Waals surface area contributed by atoms with Gasteiger partial charge < -0.3 is 5.73 Å². The van der Waals surface area contributed by atoms with E-state index >= 15 is 0 Å². The van der Waals surface area contributed by atoms with E-state index in [-0.39, 0.29) is 4.90 Å². The molecule has 0 heterocycles. The molecule has 0 radical (unpaired) electrons. The van der Waals surface area contributed by atoms with E-state index in [9.17, 15) is 8.42 Å². The highest BCUT2D eigenvalue weighted by Crippen LogP contribution is 2.17. The fourth-order valence-electron chi connectivity index (χ4n) is 1.46. The predicted octanol–water partition coefficient (Wildman–Crippen LogP) is 1.85. The van der Waals surface area contributed by atoms with Crippen LogP contribution in [-0.2, 0) is 10.0 Å². The number of nitrogens with two attached hydrogens (primary N) is 1. The van der Waals surface area contributed by atoms with E-state index in [1.165, 1.54) is 6.07 Å². The lowest BCUT2D eigenvalue weighted by molar-refractivity contribution is 0.562. The highest BCUT2D eigenvalue weighted by atomic mass is 32.2. The fourth-order valence-corrected chi connectivity index (χ4v) is 3.35. The summed E-state index contributed by atoms with van der Waals surface area (Å²) >= 11 is 1.71. The van der Waals surface area contributed by atoms with E-state index in [0.29, 0.717) is 18.2 Å². The van der Waals surface area contributed by atoms with Gasteiger partial charge in [0.15, 0.2) is 0 Å².